The Balaban J connectivity index is 1.80. The molecule has 1 amide bonds. The number of amides is 1. The fourth-order valence-electron chi connectivity index (χ4n) is 2.99. The molecule has 0 saturated heterocycles. The molecule has 0 aliphatic carbocycles. The van der Waals surface area contributed by atoms with Crippen molar-refractivity contribution < 1.29 is 14.3 Å². The Kier molecular flexibility index (Phi) is 8.07. The molecule has 0 atom stereocenters. The average molecular weight is 458 g/mol. The number of nitriles is 2. The zero-order valence-corrected chi connectivity index (χ0v) is 18.6. The Morgan fingerprint density at radius 3 is 2.58 bits per heavy atom. The Hall–Kier alpha value is -4.26. The fourth-order valence-corrected chi connectivity index (χ4v) is 3.18. The number of rotatable bonds is 8. The lowest BCUT2D eigenvalue weighted by molar-refractivity contribution is -0.112. The van der Waals surface area contributed by atoms with Crippen molar-refractivity contribution in [3.8, 4) is 23.6 Å². The lowest BCUT2D eigenvalue weighted by Gasteiger charge is -2.13. The van der Waals surface area contributed by atoms with Gasteiger partial charge in [-0.05, 0) is 55.0 Å². The molecule has 3 aromatic rings. The molecule has 0 aliphatic heterocycles. The van der Waals surface area contributed by atoms with Crippen LogP contribution in [0.3, 0.4) is 0 Å². The van der Waals surface area contributed by atoms with Gasteiger partial charge in [0.2, 0.25) is 0 Å². The van der Waals surface area contributed by atoms with Gasteiger partial charge in [-0.3, -0.25) is 4.79 Å². The maximum Gasteiger partial charge on any atom is 0.266 e. The van der Waals surface area contributed by atoms with Crippen LogP contribution in [-0.4, -0.2) is 12.5 Å². The summed E-state index contributed by atoms with van der Waals surface area (Å²) in [5.74, 6) is 0.406. The van der Waals surface area contributed by atoms with Crippen LogP contribution in [-0.2, 0) is 11.4 Å². The number of nitrogens with one attached hydrogen (secondary N) is 1. The van der Waals surface area contributed by atoms with E-state index in [0.29, 0.717) is 39.9 Å². The zero-order chi connectivity index (χ0) is 23.6. The second-order valence-electron chi connectivity index (χ2n) is 6.83. The van der Waals surface area contributed by atoms with Crippen LogP contribution < -0.4 is 14.8 Å². The van der Waals surface area contributed by atoms with Gasteiger partial charge in [-0.15, -0.1) is 0 Å². The van der Waals surface area contributed by atoms with Crippen LogP contribution in [0.1, 0.15) is 23.6 Å². The predicted octanol–water partition coefficient (Wildman–Crippen LogP) is 5.74. The van der Waals surface area contributed by atoms with Gasteiger partial charge < -0.3 is 14.8 Å². The largest absolute Gasteiger partial charge is 0.490 e. The van der Waals surface area contributed by atoms with Gasteiger partial charge in [0.15, 0.2) is 11.5 Å². The van der Waals surface area contributed by atoms with Crippen LogP contribution in [0.4, 0.5) is 5.69 Å². The van der Waals surface area contributed by atoms with E-state index in [2.05, 4.69) is 11.4 Å². The Labute approximate surface area is 197 Å². The molecule has 0 radical (unpaired) electrons. The van der Waals surface area contributed by atoms with Crippen LogP contribution in [0.15, 0.2) is 72.3 Å². The van der Waals surface area contributed by atoms with Gasteiger partial charge in [0.25, 0.3) is 5.91 Å². The molecule has 0 aromatic heterocycles. The smallest absolute Gasteiger partial charge is 0.266 e. The first-order chi connectivity index (χ1) is 16.0. The summed E-state index contributed by atoms with van der Waals surface area (Å²) in [7, 11) is 0. The molecule has 0 heterocycles. The molecule has 0 bridgehead atoms. The molecule has 7 heteroatoms. The summed E-state index contributed by atoms with van der Waals surface area (Å²) in [6.07, 6.45) is 1.47. The Morgan fingerprint density at radius 2 is 1.85 bits per heavy atom. The first-order valence-electron chi connectivity index (χ1n) is 10.1. The van der Waals surface area contributed by atoms with Crippen LogP contribution >= 0.6 is 11.6 Å². The van der Waals surface area contributed by atoms with Gasteiger partial charge in [0.1, 0.15) is 18.2 Å². The summed E-state index contributed by atoms with van der Waals surface area (Å²) in [5.41, 5.74) is 2.32. The van der Waals surface area contributed by atoms with E-state index in [0.717, 1.165) is 5.56 Å². The van der Waals surface area contributed by atoms with Crippen molar-refractivity contribution in [1.29, 1.82) is 10.5 Å². The minimum atomic E-state index is -0.550. The van der Waals surface area contributed by atoms with E-state index in [9.17, 15) is 15.3 Å². The molecule has 0 unspecified atom stereocenters. The van der Waals surface area contributed by atoms with E-state index in [-0.39, 0.29) is 12.2 Å². The number of halogens is 1. The molecule has 3 rings (SSSR count). The van der Waals surface area contributed by atoms with Gasteiger partial charge in [0, 0.05) is 16.3 Å². The highest BCUT2D eigenvalue weighted by Crippen LogP contribution is 2.30. The molecule has 0 spiro atoms. The molecule has 3 aromatic carbocycles. The summed E-state index contributed by atoms with van der Waals surface area (Å²) in [5, 5.41) is 21.9. The highest BCUT2D eigenvalue weighted by molar-refractivity contribution is 6.31. The second kappa shape index (κ2) is 11.4. The van der Waals surface area contributed by atoms with Crippen molar-refractivity contribution in [3.05, 3.63) is 94.0 Å². The van der Waals surface area contributed by atoms with E-state index in [1.807, 2.05) is 25.1 Å². The summed E-state index contributed by atoms with van der Waals surface area (Å²) < 4.78 is 11.6. The first kappa shape index (κ1) is 23.4. The third-order valence-corrected chi connectivity index (χ3v) is 4.78. The molecule has 0 fully saturated rings. The van der Waals surface area contributed by atoms with Crippen molar-refractivity contribution >= 4 is 29.3 Å². The molecule has 33 heavy (non-hydrogen) atoms. The van der Waals surface area contributed by atoms with Crippen LogP contribution in [0.25, 0.3) is 6.08 Å². The molecule has 0 saturated carbocycles. The summed E-state index contributed by atoms with van der Waals surface area (Å²) in [6, 6.07) is 23.1. The lowest BCUT2D eigenvalue weighted by Crippen LogP contribution is -2.13. The van der Waals surface area contributed by atoms with Crippen molar-refractivity contribution in [2.75, 3.05) is 11.9 Å². The van der Waals surface area contributed by atoms with E-state index in [4.69, 9.17) is 21.1 Å². The average Bonchev–Trinajstić information content (AvgIpc) is 2.82. The van der Waals surface area contributed by atoms with Gasteiger partial charge in [-0.25, -0.2) is 0 Å². The second-order valence-corrected chi connectivity index (χ2v) is 7.27. The molecular weight excluding hydrogens is 438 g/mol. The predicted molar refractivity (Wildman–Crippen MR) is 127 cm³/mol. The highest BCUT2D eigenvalue weighted by atomic mass is 35.5. The molecule has 0 aliphatic rings. The number of hydrogen-bond acceptors (Lipinski definition) is 5. The number of nitrogens with zero attached hydrogens (tertiary/aromatic N) is 2. The fraction of sp³-hybridized carbons (Fsp3) is 0.115. The number of ether oxygens (including phenoxy) is 2. The number of anilines is 1. The number of carbonyl (C=O) groups is 1. The van der Waals surface area contributed by atoms with Crippen molar-refractivity contribution in [1.82, 2.24) is 0 Å². The number of benzene rings is 3. The van der Waals surface area contributed by atoms with Crippen LogP contribution in [0.5, 0.6) is 11.5 Å². The quantitative estimate of drug-likeness (QED) is 0.344. The lowest BCUT2D eigenvalue weighted by atomic mass is 10.1. The van der Waals surface area contributed by atoms with Gasteiger partial charge in [-0.1, -0.05) is 41.9 Å². The van der Waals surface area contributed by atoms with Gasteiger partial charge in [-0.2, -0.15) is 10.5 Å². The minimum Gasteiger partial charge on any atom is -0.490 e. The minimum absolute atomic E-state index is 0.0750. The van der Waals surface area contributed by atoms with Gasteiger partial charge >= 0.3 is 0 Å². The molecular formula is C26H20ClN3O3. The maximum atomic E-state index is 12.5. The Bertz CT molecular complexity index is 1270. The van der Waals surface area contributed by atoms with Crippen molar-refractivity contribution in [2.45, 2.75) is 13.5 Å². The number of carbonyl (C=O) groups excluding carboxylic acids is 1. The topological polar surface area (TPSA) is 95.1 Å². The van der Waals surface area contributed by atoms with Crippen LogP contribution in [0, 0.1) is 22.7 Å². The van der Waals surface area contributed by atoms with Crippen molar-refractivity contribution in [3.63, 3.8) is 0 Å². The van der Waals surface area contributed by atoms with Crippen molar-refractivity contribution in [2.24, 2.45) is 0 Å². The monoisotopic (exact) mass is 457 g/mol. The highest BCUT2D eigenvalue weighted by Gasteiger charge is 2.12. The third-order valence-electron chi connectivity index (χ3n) is 4.55. The van der Waals surface area contributed by atoms with E-state index < -0.39 is 5.91 Å². The third kappa shape index (κ3) is 6.36. The standard InChI is InChI=1S/C26H20ClN3O3/c1-2-32-25-13-18(10-11-24(25)33-17-20-7-4-3-6-19(20)15-28)12-21(16-29)26(31)30-23-9-5-8-22(27)14-23/h3-14H,2,17H2,1H3,(H,30,31)/b21-12+. The first-order valence-corrected chi connectivity index (χ1v) is 10.5. The molecule has 6 nitrogen and oxygen atoms in total. The summed E-state index contributed by atoms with van der Waals surface area (Å²) in [6.45, 7) is 2.44. The molecule has 164 valence electrons. The Morgan fingerprint density at radius 1 is 1.03 bits per heavy atom. The van der Waals surface area contributed by atoms with E-state index >= 15 is 0 Å². The number of hydrogen-bond donors (Lipinski definition) is 1. The van der Waals surface area contributed by atoms with E-state index in [1.54, 1.807) is 54.6 Å². The van der Waals surface area contributed by atoms with Gasteiger partial charge in [0.05, 0.1) is 18.2 Å². The maximum absolute atomic E-state index is 12.5. The normalized spacial score (nSPS) is 10.6. The SMILES string of the molecule is CCOc1cc(/C=C(\C#N)C(=O)Nc2cccc(Cl)c2)ccc1OCc1ccccc1C#N. The van der Waals surface area contributed by atoms with Crippen LogP contribution in [0.2, 0.25) is 5.02 Å². The summed E-state index contributed by atoms with van der Waals surface area (Å²) >= 11 is 5.94. The van der Waals surface area contributed by atoms with E-state index in [1.165, 1.54) is 6.08 Å². The molecule has 1 N–H and O–H groups in total. The summed E-state index contributed by atoms with van der Waals surface area (Å²) in [4.78, 5) is 12.5. The zero-order valence-electron chi connectivity index (χ0n) is 17.8.